The third-order valence-corrected chi connectivity index (χ3v) is 23.3. The fourth-order valence-electron chi connectivity index (χ4n) is 18.0. The van der Waals surface area contributed by atoms with Crippen LogP contribution in [0.5, 0.6) is 46.0 Å². The molecule has 0 fully saturated rings. The van der Waals surface area contributed by atoms with Crippen molar-refractivity contribution < 1.29 is 18.9 Å². The summed E-state index contributed by atoms with van der Waals surface area (Å²) in [7, 11) is 0. The van der Waals surface area contributed by atoms with E-state index in [1.165, 1.54) is 77.9 Å². The maximum absolute atomic E-state index is 6.81. The number of para-hydroxylation sites is 6. The van der Waals surface area contributed by atoms with E-state index in [4.69, 9.17) is 18.9 Å². The van der Waals surface area contributed by atoms with Crippen molar-refractivity contribution in [3.63, 3.8) is 0 Å². The molecular formula is C110H74N2O4. The van der Waals surface area contributed by atoms with E-state index in [9.17, 15) is 0 Å². The number of hydrogen-bond acceptors (Lipinski definition) is 6. The Morgan fingerprint density at radius 2 is 0.379 bits per heavy atom. The Hall–Kier alpha value is -15.2. The van der Waals surface area contributed by atoms with E-state index in [0.717, 1.165) is 96.3 Å². The average molecular weight is 1490 g/mol. The van der Waals surface area contributed by atoms with E-state index < -0.39 is 10.8 Å². The van der Waals surface area contributed by atoms with Crippen LogP contribution in [0.3, 0.4) is 0 Å². The second kappa shape index (κ2) is 29.1. The van der Waals surface area contributed by atoms with Crippen LogP contribution in [0.1, 0.15) is 44.5 Å². The Morgan fingerprint density at radius 3 is 0.690 bits per heavy atom. The second-order valence-electron chi connectivity index (χ2n) is 29.7. The van der Waals surface area contributed by atoms with Gasteiger partial charge in [0.05, 0.1) is 10.8 Å². The molecule has 2 unspecified atom stereocenters. The van der Waals surface area contributed by atoms with Gasteiger partial charge in [0, 0.05) is 45.3 Å². The summed E-state index contributed by atoms with van der Waals surface area (Å²) in [4.78, 5) is 4.66. The summed E-state index contributed by atoms with van der Waals surface area (Å²) in [5.41, 5.74) is 28.5. The van der Waals surface area contributed by atoms with Gasteiger partial charge in [-0.2, -0.15) is 0 Å². The zero-order valence-electron chi connectivity index (χ0n) is 63.3. The minimum absolute atomic E-state index is 0.626. The average Bonchev–Trinajstić information content (AvgIpc) is 1.53. The van der Waals surface area contributed by atoms with Crippen molar-refractivity contribution in [1.82, 2.24) is 0 Å². The number of anilines is 6. The van der Waals surface area contributed by atoms with Crippen molar-refractivity contribution in [2.75, 3.05) is 9.80 Å². The fourth-order valence-corrected chi connectivity index (χ4v) is 18.0. The summed E-state index contributed by atoms with van der Waals surface area (Å²) in [6, 6.07) is 160. The number of fused-ring (bicyclic) bond motifs is 12. The maximum atomic E-state index is 6.81. The first-order chi connectivity index (χ1) is 57.5. The molecule has 6 heteroatoms. The molecule has 116 heavy (non-hydrogen) atoms. The van der Waals surface area contributed by atoms with Crippen molar-refractivity contribution in [2.24, 2.45) is 0 Å². The lowest BCUT2D eigenvalue weighted by Gasteiger charge is -2.35. The van der Waals surface area contributed by atoms with Gasteiger partial charge in [-0.25, -0.2) is 0 Å². The van der Waals surface area contributed by atoms with E-state index in [0.29, 0.717) is 17.2 Å². The maximum Gasteiger partial charge on any atom is 0.178 e. The van der Waals surface area contributed by atoms with Gasteiger partial charge in [-0.15, -0.1) is 0 Å². The number of ether oxygens (including phenoxy) is 4. The molecule has 0 amide bonds. The second-order valence-corrected chi connectivity index (χ2v) is 29.7. The summed E-state index contributed by atoms with van der Waals surface area (Å²) in [5.74, 6) is 5.80. The van der Waals surface area contributed by atoms with Crippen LogP contribution in [0.15, 0.2) is 449 Å². The van der Waals surface area contributed by atoms with E-state index >= 15 is 0 Å². The predicted octanol–water partition coefficient (Wildman–Crippen LogP) is 29.5. The summed E-state index contributed by atoms with van der Waals surface area (Å²) in [5, 5.41) is 0. The molecule has 18 aromatic rings. The molecule has 2 aliphatic carbocycles. The molecule has 2 aliphatic heterocycles. The number of nitrogens with zero attached hydrogens (tertiary/aromatic N) is 2. The SMILES string of the molecule is c1ccc(-c2ccc(C3(c4ccc(N(c5ccccc5)c5ccccc5)cc4)c4ccccc4-c4c3ccc3c4Oc4ccccc4O3)cc2)cc1.c1ccc(-c2ccc(N(c3ccc(-c4ccccc4)cc3)c3ccc(C4(c5ccc(-c6ccccc6)cc5)c5ccccc5-c5c4ccc4c5Oc5ccccc5O4)cc3)cc2)cc1. The number of rotatable bonds is 14. The van der Waals surface area contributed by atoms with Gasteiger partial charge in [-0.1, -0.05) is 340 Å². The van der Waals surface area contributed by atoms with E-state index in [1.807, 2.05) is 48.5 Å². The lowest BCUT2D eigenvalue weighted by molar-refractivity contribution is 0.360. The summed E-state index contributed by atoms with van der Waals surface area (Å²) in [6.07, 6.45) is 0. The monoisotopic (exact) mass is 1490 g/mol. The van der Waals surface area contributed by atoms with Crippen LogP contribution in [-0.2, 0) is 10.8 Å². The van der Waals surface area contributed by atoms with Crippen LogP contribution < -0.4 is 28.7 Å². The molecular weight excluding hydrogens is 1410 g/mol. The number of benzene rings is 18. The van der Waals surface area contributed by atoms with Gasteiger partial charge < -0.3 is 28.7 Å². The Morgan fingerprint density at radius 1 is 0.155 bits per heavy atom. The molecule has 0 aromatic heterocycles. The Balaban J connectivity index is 0.000000148. The van der Waals surface area contributed by atoms with Crippen LogP contribution in [0, 0.1) is 0 Å². The molecule has 18 aromatic carbocycles. The molecule has 2 heterocycles. The minimum atomic E-state index is -0.672. The lowest BCUT2D eigenvalue weighted by atomic mass is 9.67. The quantitative estimate of drug-likeness (QED) is 0.108. The van der Waals surface area contributed by atoms with Crippen LogP contribution in [0.25, 0.3) is 66.8 Å². The van der Waals surface area contributed by atoms with Gasteiger partial charge in [0.1, 0.15) is 0 Å². The van der Waals surface area contributed by atoms with Crippen molar-refractivity contribution in [1.29, 1.82) is 0 Å². The van der Waals surface area contributed by atoms with Gasteiger partial charge in [0.15, 0.2) is 46.0 Å². The lowest BCUT2D eigenvalue weighted by Crippen LogP contribution is -2.28. The Labute approximate surface area is 675 Å². The van der Waals surface area contributed by atoms with Crippen molar-refractivity contribution in [2.45, 2.75) is 10.8 Å². The van der Waals surface area contributed by atoms with Gasteiger partial charge in [-0.05, 0) is 209 Å². The number of hydrogen-bond donors (Lipinski definition) is 0. The van der Waals surface area contributed by atoms with Gasteiger partial charge >= 0.3 is 0 Å². The normalized spacial score (nSPS) is 14.6. The third-order valence-electron chi connectivity index (χ3n) is 23.3. The van der Waals surface area contributed by atoms with Crippen molar-refractivity contribution >= 4 is 34.1 Å². The zero-order valence-corrected chi connectivity index (χ0v) is 63.3. The molecule has 0 radical (unpaired) electrons. The largest absolute Gasteiger partial charge is 0.449 e. The molecule has 4 aliphatic rings. The van der Waals surface area contributed by atoms with Gasteiger partial charge in [0.2, 0.25) is 0 Å². The molecule has 6 nitrogen and oxygen atoms in total. The molecule has 0 spiro atoms. The van der Waals surface area contributed by atoms with Crippen LogP contribution >= 0.6 is 0 Å². The highest BCUT2D eigenvalue weighted by Gasteiger charge is 2.50. The fraction of sp³-hybridized carbons (Fsp3) is 0.0182. The highest BCUT2D eigenvalue weighted by molar-refractivity contribution is 5.95. The van der Waals surface area contributed by atoms with E-state index in [2.05, 4.69) is 410 Å². The predicted molar refractivity (Wildman–Crippen MR) is 472 cm³/mol. The van der Waals surface area contributed by atoms with Crippen LogP contribution in [0.2, 0.25) is 0 Å². The van der Waals surface area contributed by atoms with Crippen LogP contribution in [0.4, 0.5) is 34.1 Å². The molecule has 0 saturated carbocycles. The molecule has 0 saturated heterocycles. The Kier molecular flexibility index (Phi) is 17.3. The smallest absolute Gasteiger partial charge is 0.178 e. The topological polar surface area (TPSA) is 43.4 Å². The highest BCUT2D eigenvalue weighted by Crippen LogP contribution is 2.65. The molecule has 2 atom stereocenters. The van der Waals surface area contributed by atoms with Crippen molar-refractivity contribution in [3.05, 3.63) is 493 Å². The van der Waals surface area contributed by atoms with Gasteiger partial charge in [0.25, 0.3) is 0 Å². The van der Waals surface area contributed by atoms with E-state index in [1.54, 1.807) is 0 Å². The minimum Gasteiger partial charge on any atom is -0.449 e. The summed E-state index contributed by atoms with van der Waals surface area (Å²) < 4.78 is 26.5. The molecule has 22 rings (SSSR count). The summed E-state index contributed by atoms with van der Waals surface area (Å²) in [6.45, 7) is 0. The zero-order chi connectivity index (χ0) is 76.9. The molecule has 0 bridgehead atoms. The first-order valence-electron chi connectivity index (χ1n) is 39.5. The molecule has 0 N–H and O–H groups in total. The van der Waals surface area contributed by atoms with Crippen LogP contribution in [-0.4, -0.2) is 0 Å². The summed E-state index contributed by atoms with van der Waals surface area (Å²) >= 11 is 0. The first kappa shape index (κ1) is 68.8. The third kappa shape index (κ3) is 11.8. The first-order valence-corrected chi connectivity index (χ1v) is 39.5. The highest BCUT2D eigenvalue weighted by atomic mass is 16.6. The standard InChI is InChI=1S/C61H41NO2.C49H33NO2/c1-4-14-42(15-5-1)45-24-30-48(31-25-45)61(54-21-11-10-20-53(54)59-55(61)40-41-58-60(59)64-57-23-13-12-22-56(57)63-58)49-32-38-52(39-33-49)62(50-34-26-46(27-35-50)43-16-6-2-7-17-43)51-36-28-47(29-37-51)44-18-8-3-9-19-44;1-4-14-34(15-5-1)35-24-26-36(27-25-35)49(37-28-30-40(31-29-37)50(38-16-6-2-7-17-38)39-18-8-3-9-19-39)42-21-11-10-20-41(42)47-43(49)32-33-46-48(47)52-45-23-13-12-22-44(45)51-46/h1-41H;1-33H. The van der Waals surface area contributed by atoms with Crippen molar-refractivity contribution in [3.8, 4) is 113 Å². The molecule has 548 valence electrons. The van der Waals surface area contributed by atoms with Gasteiger partial charge in [-0.3, -0.25) is 0 Å². The van der Waals surface area contributed by atoms with E-state index in [-0.39, 0.29) is 0 Å². The Bertz CT molecular complexity index is 6510.